The van der Waals surface area contributed by atoms with Gasteiger partial charge in [0.2, 0.25) is 11.8 Å². The number of piperidine rings is 1. The van der Waals surface area contributed by atoms with Crippen LogP contribution in [0, 0.1) is 5.92 Å². The minimum absolute atomic E-state index is 0.0244. The van der Waals surface area contributed by atoms with E-state index < -0.39 is 0 Å². The zero-order chi connectivity index (χ0) is 20.6. The molecule has 0 aromatic heterocycles. The molecule has 0 atom stereocenters. The summed E-state index contributed by atoms with van der Waals surface area (Å²) < 4.78 is 0. The maximum Gasteiger partial charge on any atom is 0.224 e. The van der Waals surface area contributed by atoms with Gasteiger partial charge in [0.05, 0.1) is 0 Å². The lowest BCUT2D eigenvalue weighted by molar-refractivity contribution is -0.132. The smallest absolute Gasteiger partial charge is 0.224 e. The molecule has 3 rings (SSSR count). The summed E-state index contributed by atoms with van der Waals surface area (Å²) in [6.45, 7) is 5.75. The second-order valence-electron chi connectivity index (χ2n) is 7.95. The first kappa shape index (κ1) is 21.1. The molecule has 154 valence electrons. The van der Waals surface area contributed by atoms with Crippen LogP contribution >= 0.6 is 0 Å². The average molecular weight is 393 g/mol. The summed E-state index contributed by atoms with van der Waals surface area (Å²) in [6, 6.07) is 18.6. The van der Waals surface area contributed by atoms with Crippen molar-refractivity contribution in [2.24, 2.45) is 5.92 Å². The maximum atomic E-state index is 12.7. The second-order valence-corrected chi connectivity index (χ2v) is 7.95. The predicted molar refractivity (Wildman–Crippen MR) is 118 cm³/mol. The number of amides is 2. The first-order chi connectivity index (χ1) is 14.1. The number of aryl methyl sites for hydroxylation is 1. The van der Waals surface area contributed by atoms with E-state index in [1.54, 1.807) is 11.8 Å². The minimum Gasteiger partial charge on any atom is -0.343 e. The molecular formula is C25H32N2O2. The van der Waals surface area contributed by atoms with E-state index in [-0.39, 0.29) is 11.8 Å². The number of hydrogen-bond donors (Lipinski definition) is 0. The number of carbonyl (C=O) groups is 2. The van der Waals surface area contributed by atoms with Crippen LogP contribution in [0.3, 0.4) is 0 Å². The van der Waals surface area contributed by atoms with Gasteiger partial charge >= 0.3 is 0 Å². The molecule has 0 aliphatic carbocycles. The third-order valence-corrected chi connectivity index (χ3v) is 5.92. The fraction of sp³-hybridized carbons (Fsp3) is 0.440. The summed E-state index contributed by atoms with van der Waals surface area (Å²) in [5.74, 6) is 0.774. The van der Waals surface area contributed by atoms with Crippen LogP contribution in [0.2, 0.25) is 0 Å². The summed E-state index contributed by atoms with van der Waals surface area (Å²) in [5, 5.41) is 0. The molecule has 29 heavy (non-hydrogen) atoms. The molecule has 1 fully saturated rings. The summed E-state index contributed by atoms with van der Waals surface area (Å²) in [5.41, 5.74) is 3.49. The summed E-state index contributed by atoms with van der Waals surface area (Å²) in [6.07, 6.45) is 4.54. The quantitative estimate of drug-likeness (QED) is 0.697. The van der Waals surface area contributed by atoms with Crippen molar-refractivity contribution in [3.8, 4) is 0 Å². The van der Waals surface area contributed by atoms with E-state index in [0.717, 1.165) is 44.5 Å². The van der Waals surface area contributed by atoms with E-state index in [2.05, 4.69) is 31.2 Å². The largest absolute Gasteiger partial charge is 0.343 e. The molecule has 4 nitrogen and oxygen atoms in total. The lowest BCUT2D eigenvalue weighted by atomic mass is 9.90. The Morgan fingerprint density at radius 2 is 1.62 bits per heavy atom. The van der Waals surface area contributed by atoms with E-state index in [0.29, 0.717) is 18.9 Å². The lowest BCUT2D eigenvalue weighted by Crippen LogP contribution is -2.41. The van der Waals surface area contributed by atoms with Crippen LogP contribution < -0.4 is 4.90 Å². The zero-order valence-corrected chi connectivity index (χ0v) is 17.6. The van der Waals surface area contributed by atoms with Gasteiger partial charge in [-0.15, -0.1) is 0 Å². The van der Waals surface area contributed by atoms with Gasteiger partial charge in [-0.1, -0.05) is 49.4 Å². The van der Waals surface area contributed by atoms with Crippen LogP contribution in [-0.2, 0) is 22.4 Å². The number of nitrogens with zero attached hydrogens (tertiary/aromatic N) is 2. The molecule has 4 heteroatoms. The number of benzene rings is 2. The number of hydrogen-bond acceptors (Lipinski definition) is 2. The van der Waals surface area contributed by atoms with Gasteiger partial charge in [-0.2, -0.15) is 0 Å². The maximum absolute atomic E-state index is 12.7. The van der Waals surface area contributed by atoms with Crippen molar-refractivity contribution in [2.45, 2.75) is 46.0 Å². The zero-order valence-electron chi connectivity index (χ0n) is 17.6. The monoisotopic (exact) mass is 392 g/mol. The van der Waals surface area contributed by atoms with Gasteiger partial charge in [-0.25, -0.2) is 0 Å². The number of likely N-dealkylation sites (tertiary alicyclic amines) is 1. The Morgan fingerprint density at radius 1 is 0.966 bits per heavy atom. The minimum atomic E-state index is -0.0244. The van der Waals surface area contributed by atoms with Crippen molar-refractivity contribution in [2.75, 3.05) is 24.5 Å². The first-order valence-electron chi connectivity index (χ1n) is 10.8. The molecule has 1 aliphatic heterocycles. The van der Waals surface area contributed by atoms with Gasteiger partial charge in [0, 0.05) is 38.7 Å². The highest BCUT2D eigenvalue weighted by molar-refractivity contribution is 5.92. The highest BCUT2D eigenvalue weighted by atomic mass is 16.2. The molecule has 2 aromatic rings. The second kappa shape index (κ2) is 10.2. The summed E-state index contributed by atoms with van der Waals surface area (Å²) in [7, 11) is 0. The van der Waals surface area contributed by atoms with Gasteiger partial charge in [0.1, 0.15) is 0 Å². The Morgan fingerprint density at radius 3 is 2.21 bits per heavy atom. The van der Waals surface area contributed by atoms with E-state index in [1.165, 1.54) is 11.1 Å². The Labute approximate surface area is 174 Å². The summed E-state index contributed by atoms with van der Waals surface area (Å²) >= 11 is 0. The molecule has 1 heterocycles. The Hall–Kier alpha value is -2.62. The SMILES string of the molecule is CCc1ccc(N(CCC(=O)N2CCC(Cc3ccccc3)CC2)C(C)=O)cc1. The van der Waals surface area contributed by atoms with Gasteiger partial charge in [-0.05, 0) is 54.9 Å². The van der Waals surface area contributed by atoms with Crippen molar-refractivity contribution < 1.29 is 9.59 Å². The highest BCUT2D eigenvalue weighted by Gasteiger charge is 2.23. The van der Waals surface area contributed by atoms with Crippen LogP contribution in [-0.4, -0.2) is 36.3 Å². The van der Waals surface area contributed by atoms with Gasteiger partial charge in [0.25, 0.3) is 0 Å². The van der Waals surface area contributed by atoms with Crippen LogP contribution in [0.25, 0.3) is 0 Å². The van der Waals surface area contributed by atoms with Crippen LogP contribution in [0.5, 0.6) is 0 Å². The Kier molecular flexibility index (Phi) is 7.45. The number of carbonyl (C=O) groups excluding carboxylic acids is 2. The fourth-order valence-electron chi connectivity index (χ4n) is 4.08. The number of rotatable bonds is 7. The lowest BCUT2D eigenvalue weighted by Gasteiger charge is -2.33. The third-order valence-electron chi connectivity index (χ3n) is 5.92. The fourth-order valence-corrected chi connectivity index (χ4v) is 4.08. The van der Waals surface area contributed by atoms with Crippen LogP contribution in [0.1, 0.15) is 44.2 Å². The summed E-state index contributed by atoms with van der Waals surface area (Å²) in [4.78, 5) is 28.5. The first-order valence-corrected chi connectivity index (χ1v) is 10.8. The molecule has 2 amide bonds. The molecule has 0 N–H and O–H groups in total. The molecule has 1 saturated heterocycles. The third kappa shape index (κ3) is 5.93. The van der Waals surface area contributed by atoms with Gasteiger partial charge in [0.15, 0.2) is 0 Å². The van der Waals surface area contributed by atoms with Crippen LogP contribution in [0.4, 0.5) is 5.69 Å². The molecular weight excluding hydrogens is 360 g/mol. The number of anilines is 1. The molecule has 0 unspecified atom stereocenters. The van der Waals surface area contributed by atoms with Crippen molar-refractivity contribution in [3.05, 3.63) is 65.7 Å². The van der Waals surface area contributed by atoms with E-state index in [9.17, 15) is 9.59 Å². The van der Waals surface area contributed by atoms with Crippen molar-refractivity contribution >= 4 is 17.5 Å². The highest BCUT2D eigenvalue weighted by Crippen LogP contribution is 2.22. The standard InChI is InChI=1S/C25H32N2O2/c1-3-21-9-11-24(12-10-21)27(20(2)28)18-15-25(29)26-16-13-23(14-17-26)19-22-7-5-4-6-8-22/h4-12,23H,3,13-19H2,1-2H3. The van der Waals surface area contributed by atoms with Crippen molar-refractivity contribution in [1.82, 2.24) is 4.90 Å². The molecule has 1 aliphatic rings. The molecule has 2 aromatic carbocycles. The molecule has 0 spiro atoms. The van der Waals surface area contributed by atoms with Crippen molar-refractivity contribution in [1.29, 1.82) is 0 Å². The van der Waals surface area contributed by atoms with Gasteiger partial charge in [-0.3, -0.25) is 9.59 Å². The average Bonchev–Trinajstić information content (AvgIpc) is 2.75. The molecule has 0 bridgehead atoms. The normalized spacial score (nSPS) is 14.6. The van der Waals surface area contributed by atoms with Crippen molar-refractivity contribution in [3.63, 3.8) is 0 Å². The van der Waals surface area contributed by atoms with Gasteiger partial charge < -0.3 is 9.80 Å². The topological polar surface area (TPSA) is 40.6 Å². The Bertz CT molecular complexity index is 793. The molecule has 0 radical (unpaired) electrons. The Balaban J connectivity index is 1.48. The van der Waals surface area contributed by atoms with E-state index >= 15 is 0 Å². The van der Waals surface area contributed by atoms with E-state index in [1.807, 2.05) is 35.2 Å². The van der Waals surface area contributed by atoms with Crippen LogP contribution in [0.15, 0.2) is 54.6 Å². The predicted octanol–water partition coefficient (Wildman–Crippen LogP) is 4.47. The van der Waals surface area contributed by atoms with E-state index in [4.69, 9.17) is 0 Å². The molecule has 0 saturated carbocycles.